The number of benzene rings is 1. The third kappa shape index (κ3) is 2.62. The van der Waals surface area contributed by atoms with Crippen molar-refractivity contribution in [2.45, 2.75) is 6.04 Å². The summed E-state index contributed by atoms with van der Waals surface area (Å²) < 4.78 is 11.2. The van der Waals surface area contributed by atoms with Gasteiger partial charge in [0.2, 0.25) is 0 Å². The quantitative estimate of drug-likeness (QED) is 0.872. The third-order valence-corrected chi connectivity index (χ3v) is 2.84. The second kappa shape index (κ2) is 5.34. The molecule has 1 aromatic carbocycles. The lowest BCUT2D eigenvalue weighted by Gasteiger charge is -2.15. The van der Waals surface area contributed by atoms with E-state index < -0.39 is 0 Å². The van der Waals surface area contributed by atoms with E-state index in [-0.39, 0.29) is 6.04 Å². The van der Waals surface area contributed by atoms with Gasteiger partial charge in [0.25, 0.3) is 0 Å². The third-order valence-electron chi connectivity index (χ3n) is 2.16. The zero-order chi connectivity index (χ0) is 11.4. The lowest BCUT2D eigenvalue weighted by Crippen LogP contribution is -2.21. The largest absolute Gasteiger partial charge is 0.493 e. The van der Waals surface area contributed by atoms with Gasteiger partial charge in [-0.25, -0.2) is 0 Å². The first kappa shape index (κ1) is 12.3. The zero-order valence-corrected chi connectivity index (χ0v) is 10.4. The van der Waals surface area contributed by atoms with Crippen LogP contribution >= 0.6 is 15.9 Å². The number of methoxy groups -OCH3 is 2. The van der Waals surface area contributed by atoms with Crippen molar-refractivity contribution in [3.8, 4) is 11.5 Å². The molecule has 0 fully saturated rings. The molecule has 0 spiro atoms. The molecule has 0 heterocycles. The van der Waals surface area contributed by atoms with Crippen molar-refractivity contribution in [3.63, 3.8) is 0 Å². The minimum atomic E-state index is -0.209. The molecule has 4 nitrogen and oxygen atoms in total. The smallest absolute Gasteiger partial charge is 0.161 e. The number of rotatable bonds is 4. The second-order valence-corrected chi connectivity index (χ2v) is 3.93. The molecule has 0 bridgehead atoms. The van der Waals surface area contributed by atoms with E-state index in [1.165, 1.54) is 0 Å². The Morgan fingerprint density at radius 1 is 1.27 bits per heavy atom. The van der Waals surface area contributed by atoms with Crippen molar-refractivity contribution in [2.24, 2.45) is 11.5 Å². The van der Waals surface area contributed by atoms with Gasteiger partial charge < -0.3 is 20.9 Å². The minimum Gasteiger partial charge on any atom is -0.493 e. The average molecular weight is 275 g/mol. The molecule has 1 rings (SSSR count). The van der Waals surface area contributed by atoms with E-state index >= 15 is 0 Å². The molecule has 4 N–H and O–H groups in total. The zero-order valence-electron chi connectivity index (χ0n) is 8.79. The average Bonchev–Trinajstić information content (AvgIpc) is 2.27. The maximum atomic E-state index is 5.86. The lowest BCUT2D eigenvalue weighted by molar-refractivity contribution is 0.354. The predicted octanol–water partition coefficient (Wildman–Crippen LogP) is 1.42. The Kier molecular flexibility index (Phi) is 4.38. The molecule has 0 aliphatic heterocycles. The Morgan fingerprint density at radius 3 is 2.27 bits per heavy atom. The Morgan fingerprint density at radius 2 is 1.80 bits per heavy atom. The van der Waals surface area contributed by atoms with Gasteiger partial charge in [0, 0.05) is 17.1 Å². The highest BCUT2D eigenvalue weighted by Gasteiger charge is 2.13. The highest BCUT2D eigenvalue weighted by atomic mass is 79.9. The first-order valence-corrected chi connectivity index (χ1v) is 5.30. The van der Waals surface area contributed by atoms with E-state index in [1.54, 1.807) is 14.2 Å². The first-order valence-electron chi connectivity index (χ1n) is 4.51. The van der Waals surface area contributed by atoms with Gasteiger partial charge in [0.1, 0.15) is 0 Å². The second-order valence-electron chi connectivity index (χ2n) is 3.07. The summed E-state index contributed by atoms with van der Waals surface area (Å²) >= 11 is 3.42. The molecule has 0 aliphatic rings. The van der Waals surface area contributed by atoms with E-state index in [0.29, 0.717) is 18.0 Å². The van der Waals surface area contributed by atoms with E-state index in [2.05, 4.69) is 15.9 Å². The van der Waals surface area contributed by atoms with Crippen LogP contribution in [0.15, 0.2) is 16.6 Å². The molecule has 84 valence electrons. The molecule has 0 unspecified atom stereocenters. The van der Waals surface area contributed by atoms with Crippen LogP contribution in [0.25, 0.3) is 0 Å². The molecule has 15 heavy (non-hydrogen) atoms. The van der Waals surface area contributed by atoms with Gasteiger partial charge in [-0.05, 0) is 17.7 Å². The van der Waals surface area contributed by atoms with Crippen LogP contribution in [0, 0.1) is 0 Å². The van der Waals surface area contributed by atoms with Gasteiger partial charge in [-0.2, -0.15) is 0 Å². The molecule has 0 amide bonds. The number of halogens is 1. The summed E-state index contributed by atoms with van der Waals surface area (Å²) in [6, 6.07) is 3.45. The molecule has 0 aliphatic carbocycles. The van der Waals surface area contributed by atoms with Gasteiger partial charge in [0.05, 0.1) is 14.2 Å². The minimum absolute atomic E-state index is 0.209. The fourth-order valence-corrected chi connectivity index (χ4v) is 1.90. The first-order chi connectivity index (χ1) is 7.13. The molecular weight excluding hydrogens is 260 g/mol. The fraction of sp³-hybridized carbons (Fsp3) is 0.400. The van der Waals surface area contributed by atoms with Crippen LogP contribution in [0.2, 0.25) is 0 Å². The van der Waals surface area contributed by atoms with Gasteiger partial charge in [-0.3, -0.25) is 0 Å². The topological polar surface area (TPSA) is 70.5 Å². The van der Waals surface area contributed by atoms with Crippen LogP contribution < -0.4 is 20.9 Å². The normalized spacial score (nSPS) is 12.3. The van der Waals surface area contributed by atoms with Crippen LogP contribution in [-0.4, -0.2) is 20.8 Å². The SMILES string of the molecule is COc1cc(Br)c([C@H](N)CN)cc1OC. The Labute approximate surface area is 97.7 Å². The van der Waals surface area contributed by atoms with E-state index in [9.17, 15) is 0 Å². The van der Waals surface area contributed by atoms with Crippen molar-refractivity contribution in [1.82, 2.24) is 0 Å². The van der Waals surface area contributed by atoms with Gasteiger partial charge >= 0.3 is 0 Å². The highest BCUT2D eigenvalue weighted by molar-refractivity contribution is 9.10. The summed E-state index contributed by atoms with van der Waals surface area (Å²) in [5.41, 5.74) is 12.3. The van der Waals surface area contributed by atoms with E-state index in [1.807, 2.05) is 12.1 Å². The molecule has 0 aromatic heterocycles. The van der Waals surface area contributed by atoms with E-state index in [0.717, 1.165) is 10.0 Å². The summed E-state index contributed by atoms with van der Waals surface area (Å²) in [6.07, 6.45) is 0. The van der Waals surface area contributed by atoms with Crippen LogP contribution in [0.3, 0.4) is 0 Å². The van der Waals surface area contributed by atoms with Gasteiger partial charge in [-0.15, -0.1) is 0 Å². The van der Waals surface area contributed by atoms with Crippen molar-refractivity contribution >= 4 is 15.9 Å². The lowest BCUT2D eigenvalue weighted by atomic mass is 10.1. The highest BCUT2D eigenvalue weighted by Crippen LogP contribution is 2.35. The molecule has 5 heteroatoms. The van der Waals surface area contributed by atoms with Crippen molar-refractivity contribution in [1.29, 1.82) is 0 Å². The summed E-state index contributed by atoms with van der Waals surface area (Å²) in [6.45, 7) is 0.383. The van der Waals surface area contributed by atoms with Gasteiger partial charge in [-0.1, -0.05) is 15.9 Å². The van der Waals surface area contributed by atoms with Crippen LogP contribution in [0.4, 0.5) is 0 Å². The molecular formula is C10H15BrN2O2. The fourth-order valence-electron chi connectivity index (χ4n) is 1.28. The Hall–Kier alpha value is -0.780. The summed E-state index contributed by atoms with van der Waals surface area (Å²) in [5.74, 6) is 1.32. The number of nitrogens with two attached hydrogens (primary N) is 2. The monoisotopic (exact) mass is 274 g/mol. The maximum absolute atomic E-state index is 5.86. The number of hydrogen-bond acceptors (Lipinski definition) is 4. The summed E-state index contributed by atoms with van der Waals surface area (Å²) in [5, 5.41) is 0. The maximum Gasteiger partial charge on any atom is 0.161 e. The van der Waals surface area contributed by atoms with Gasteiger partial charge in [0.15, 0.2) is 11.5 Å². The molecule has 0 radical (unpaired) electrons. The Bertz CT molecular complexity index is 344. The van der Waals surface area contributed by atoms with Crippen molar-refractivity contribution in [3.05, 3.63) is 22.2 Å². The predicted molar refractivity (Wildman–Crippen MR) is 63.2 cm³/mol. The summed E-state index contributed by atoms with van der Waals surface area (Å²) in [4.78, 5) is 0. The molecule has 0 saturated heterocycles. The molecule has 0 saturated carbocycles. The van der Waals surface area contributed by atoms with Crippen molar-refractivity contribution < 1.29 is 9.47 Å². The van der Waals surface area contributed by atoms with Crippen LogP contribution in [0.5, 0.6) is 11.5 Å². The van der Waals surface area contributed by atoms with E-state index in [4.69, 9.17) is 20.9 Å². The summed E-state index contributed by atoms with van der Waals surface area (Å²) in [7, 11) is 3.18. The number of ether oxygens (including phenoxy) is 2. The standard InChI is InChI=1S/C10H15BrN2O2/c1-14-9-3-6(8(13)5-12)7(11)4-10(9)15-2/h3-4,8H,5,12-13H2,1-2H3/t8-/m1/s1. The van der Waals surface area contributed by atoms with Crippen molar-refractivity contribution in [2.75, 3.05) is 20.8 Å². The van der Waals surface area contributed by atoms with Crippen LogP contribution in [0.1, 0.15) is 11.6 Å². The molecule has 1 aromatic rings. The van der Waals surface area contributed by atoms with Crippen LogP contribution in [-0.2, 0) is 0 Å². The molecule has 1 atom stereocenters. The Balaban J connectivity index is 3.19. The number of hydrogen-bond donors (Lipinski definition) is 2.